The van der Waals surface area contributed by atoms with Crippen molar-refractivity contribution in [3.8, 4) is 11.8 Å². The van der Waals surface area contributed by atoms with Gasteiger partial charge in [0.05, 0.1) is 5.41 Å². The van der Waals surface area contributed by atoms with E-state index in [9.17, 15) is 4.79 Å². The molecular formula is C15H19NO. The van der Waals surface area contributed by atoms with Crippen LogP contribution in [0.15, 0.2) is 30.3 Å². The zero-order valence-electron chi connectivity index (χ0n) is 10.7. The smallest absolute Gasteiger partial charge is 0.230 e. The number of carbonyl (C=O) groups is 1. The number of amides is 1. The minimum absolute atomic E-state index is 0.0432. The van der Waals surface area contributed by atoms with Crippen molar-refractivity contribution in [2.45, 2.75) is 32.6 Å². The molecule has 0 saturated heterocycles. The summed E-state index contributed by atoms with van der Waals surface area (Å²) in [7, 11) is 0. The Kier molecular flexibility index (Phi) is 4.78. The fourth-order valence-electron chi connectivity index (χ4n) is 1.57. The van der Waals surface area contributed by atoms with Gasteiger partial charge >= 0.3 is 0 Å². The second kappa shape index (κ2) is 6.10. The lowest BCUT2D eigenvalue weighted by molar-refractivity contribution is -0.125. The van der Waals surface area contributed by atoms with E-state index in [0.717, 1.165) is 5.56 Å². The van der Waals surface area contributed by atoms with Crippen LogP contribution in [0.3, 0.4) is 0 Å². The Balaban J connectivity index is 2.63. The van der Waals surface area contributed by atoms with Gasteiger partial charge in [0.1, 0.15) is 0 Å². The highest BCUT2D eigenvalue weighted by Crippen LogP contribution is 2.22. The maximum atomic E-state index is 12.1. The van der Waals surface area contributed by atoms with Crippen LogP contribution in [0.25, 0.3) is 0 Å². The molecule has 0 aliphatic heterocycles. The van der Waals surface area contributed by atoms with E-state index in [4.69, 9.17) is 0 Å². The van der Waals surface area contributed by atoms with Crippen LogP contribution in [0, 0.1) is 11.8 Å². The molecule has 1 N–H and O–H groups in total. The summed E-state index contributed by atoms with van der Waals surface area (Å²) in [6.45, 7) is 6.28. The monoisotopic (exact) mass is 229 g/mol. The molecule has 0 aliphatic carbocycles. The van der Waals surface area contributed by atoms with Gasteiger partial charge in [0.15, 0.2) is 0 Å². The molecule has 0 fully saturated rings. The summed E-state index contributed by atoms with van der Waals surface area (Å²) in [5, 5.41) is 2.91. The van der Waals surface area contributed by atoms with Gasteiger partial charge in [-0.3, -0.25) is 4.79 Å². The summed E-state index contributed by atoms with van der Waals surface area (Å²) in [6, 6.07) is 9.81. The minimum atomic E-state index is -0.499. The van der Waals surface area contributed by atoms with Crippen molar-refractivity contribution < 1.29 is 4.79 Å². The van der Waals surface area contributed by atoms with Crippen molar-refractivity contribution in [2.75, 3.05) is 6.54 Å². The minimum Gasteiger partial charge on any atom is -0.354 e. The summed E-state index contributed by atoms with van der Waals surface area (Å²) >= 11 is 0. The Morgan fingerprint density at radius 3 is 2.53 bits per heavy atom. The highest BCUT2D eigenvalue weighted by atomic mass is 16.2. The van der Waals surface area contributed by atoms with Gasteiger partial charge < -0.3 is 5.32 Å². The first-order valence-electron chi connectivity index (χ1n) is 5.82. The standard InChI is InChI=1S/C15H19NO/c1-4-5-9-12-16-14(17)15(2,3)13-10-7-6-8-11-13/h6-8,10-11H,9,12H2,1-3H3,(H,16,17). The average molecular weight is 229 g/mol. The van der Waals surface area contributed by atoms with Gasteiger partial charge in [-0.25, -0.2) is 0 Å². The van der Waals surface area contributed by atoms with Crippen LogP contribution in [0.2, 0.25) is 0 Å². The number of benzene rings is 1. The predicted octanol–water partition coefficient (Wildman–Crippen LogP) is 2.49. The molecular weight excluding hydrogens is 210 g/mol. The van der Waals surface area contributed by atoms with Crippen LogP contribution in [-0.4, -0.2) is 12.5 Å². The summed E-state index contributed by atoms with van der Waals surface area (Å²) in [4.78, 5) is 12.1. The van der Waals surface area contributed by atoms with E-state index >= 15 is 0 Å². The van der Waals surface area contributed by atoms with E-state index in [1.807, 2.05) is 44.2 Å². The number of hydrogen-bond acceptors (Lipinski definition) is 1. The lowest BCUT2D eigenvalue weighted by Crippen LogP contribution is -2.40. The first-order valence-corrected chi connectivity index (χ1v) is 5.82. The van der Waals surface area contributed by atoms with Crippen molar-refractivity contribution in [3.05, 3.63) is 35.9 Å². The first kappa shape index (κ1) is 13.3. The Hall–Kier alpha value is -1.75. The molecule has 2 heteroatoms. The molecule has 0 saturated carbocycles. The van der Waals surface area contributed by atoms with E-state index in [-0.39, 0.29) is 5.91 Å². The van der Waals surface area contributed by atoms with Crippen LogP contribution in [0.5, 0.6) is 0 Å². The number of hydrogen-bond donors (Lipinski definition) is 1. The van der Waals surface area contributed by atoms with E-state index in [1.165, 1.54) is 0 Å². The van der Waals surface area contributed by atoms with Crippen molar-refractivity contribution in [3.63, 3.8) is 0 Å². The van der Waals surface area contributed by atoms with E-state index < -0.39 is 5.41 Å². The SMILES string of the molecule is CC#CCCNC(=O)C(C)(C)c1ccccc1. The highest BCUT2D eigenvalue weighted by molar-refractivity contribution is 5.87. The Morgan fingerprint density at radius 1 is 1.29 bits per heavy atom. The first-order chi connectivity index (χ1) is 8.09. The topological polar surface area (TPSA) is 29.1 Å². The van der Waals surface area contributed by atoms with Crippen LogP contribution < -0.4 is 5.32 Å². The number of nitrogens with one attached hydrogen (secondary N) is 1. The highest BCUT2D eigenvalue weighted by Gasteiger charge is 2.28. The maximum absolute atomic E-state index is 12.1. The van der Waals surface area contributed by atoms with E-state index in [0.29, 0.717) is 13.0 Å². The van der Waals surface area contributed by atoms with Gasteiger partial charge in [-0.05, 0) is 26.3 Å². The van der Waals surface area contributed by atoms with Crippen LogP contribution >= 0.6 is 0 Å². The molecule has 0 unspecified atom stereocenters. The summed E-state index contributed by atoms with van der Waals surface area (Å²) in [5.74, 6) is 5.78. The average Bonchev–Trinajstić information content (AvgIpc) is 2.35. The zero-order valence-corrected chi connectivity index (χ0v) is 10.7. The fourth-order valence-corrected chi connectivity index (χ4v) is 1.57. The molecule has 1 aromatic carbocycles. The summed E-state index contributed by atoms with van der Waals surface area (Å²) < 4.78 is 0. The second-order valence-corrected chi connectivity index (χ2v) is 4.42. The molecule has 0 atom stereocenters. The van der Waals surface area contributed by atoms with Gasteiger partial charge in [0, 0.05) is 13.0 Å². The molecule has 1 aromatic rings. The number of carbonyl (C=O) groups excluding carboxylic acids is 1. The lowest BCUT2D eigenvalue weighted by atomic mass is 9.84. The Morgan fingerprint density at radius 2 is 1.94 bits per heavy atom. The third kappa shape index (κ3) is 3.64. The molecule has 0 bridgehead atoms. The quantitative estimate of drug-likeness (QED) is 0.624. The van der Waals surface area contributed by atoms with Crippen molar-refractivity contribution in [2.24, 2.45) is 0 Å². The lowest BCUT2D eigenvalue weighted by Gasteiger charge is -2.23. The molecule has 2 nitrogen and oxygen atoms in total. The largest absolute Gasteiger partial charge is 0.354 e. The zero-order chi connectivity index (χ0) is 12.7. The van der Waals surface area contributed by atoms with E-state index in [1.54, 1.807) is 6.92 Å². The van der Waals surface area contributed by atoms with Gasteiger partial charge in [-0.15, -0.1) is 11.8 Å². The van der Waals surface area contributed by atoms with Crippen LogP contribution in [0.4, 0.5) is 0 Å². The third-order valence-electron chi connectivity index (χ3n) is 2.78. The molecule has 0 aromatic heterocycles. The molecule has 0 spiro atoms. The Bertz CT molecular complexity index is 423. The van der Waals surface area contributed by atoms with Crippen molar-refractivity contribution in [1.82, 2.24) is 5.32 Å². The molecule has 17 heavy (non-hydrogen) atoms. The van der Waals surface area contributed by atoms with Crippen LogP contribution in [0.1, 0.15) is 32.8 Å². The maximum Gasteiger partial charge on any atom is 0.230 e. The van der Waals surface area contributed by atoms with Gasteiger partial charge in [0.25, 0.3) is 0 Å². The predicted molar refractivity (Wildman–Crippen MR) is 70.5 cm³/mol. The van der Waals surface area contributed by atoms with Gasteiger partial charge in [-0.2, -0.15) is 0 Å². The fraction of sp³-hybridized carbons (Fsp3) is 0.400. The summed E-state index contributed by atoms with van der Waals surface area (Å²) in [5.41, 5.74) is 0.528. The Labute approximate surface area is 103 Å². The molecule has 0 aliphatic rings. The molecule has 1 rings (SSSR count). The van der Waals surface area contributed by atoms with Gasteiger partial charge in [-0.1, -0.05) is 30.3 Å². The molecule has 0 heterocycles. The molecule has 1 amide bonds. The molecule has 90 valence electrons. The van der Waals surface area contributed by atoms with Gasteiger partial charge in [0.2, 0.25) is 5.91 Å². The third-order valence-corrected chi connectivity index (χ3v) is 2.78. The van der Waals surface area contributed by atoms with Crippen molar-refractivity contribution >= 4 is 5.91 Å². The normalized spacial score (nSPS) is 10.3. The molecule has 0 radical (unpaired) electrons. The van der Waals surface area contributed by atoms with E-state index in [2.05, 4.69) is 17.2 Å². The second-order valence-electron chi connectivity index (χ2n) is 4.42. The van der Waals surface area contributed by atoms with Crippen molar-refractivity contribution in [1.29, 1.82) is 0 Å². The van der Waals surface area contributed by atoms with Crippen LogP contribution in [-0.2, 0) is 10.2 Å². The number of rotatable bonds is 4. The summed E-state index contributed by atoms with van der Waals surface area (Å²) in [6.07, 6.45) is 0.701.